The number of rotatable bonds is 4. The van der Waals surface area contributed by atoms with Gasteiger partial charge >= 0.3 is 5.91 Å². The predicted octanol–water partition coefficient (Wildman–Crippen LogP) is 1.44. The summed E-state index contributed by atoms with van der Waals surface area (Å²) in [5.41, 5.74) is 0.679. The number of benzene rings is 1. The molecule has 104 valence electrons. The minimum atomic E-state index is -0.597. The van der Waals surface area contributed by atoms with E-state index in [1.165, 1.54) is 18.3 Å². The van der Waals surface area contributed by atoms with Crippen LogP contribution < -0.4 is 10.0 Å². The average Bonchev–Trinajstić information content (AvgIpc) is 2.46. The minimum Gasteiger partial charge on any atom is -0.618 e. The van der Waals surface area contributed by atoms with Crippen molar-refractivity contribution in [3.63, 3.8) is 0 Å². The second-order valence-corrected chi connectivity index (χ2v) is 4.61. The van der Waals surface area contributed by atoms with Crippen molar-refractivity contribution < 1.29 is 14.6 Å². The van der Waals surface area contributed by atoms with Gasteiger partial charge in [0.05, 0.1) is 12.6 Å². The van der Waals surface area contributed by atoms with Gasteiger partial charge in [-0.3, -0.25) is 4.79 Å². The van der Waals surface area contributed by atoms with Gasteiger partial charge in [-0.25, -0.2) is 0 Å². The molecular formula is C14H13ClN2O3. The van der Waals surface area contributed by atoms with Crippen LogP contribution in [0.2, 0.25) is 5.02 Å². The molecule has 20 heavy (non-hydrogen) atoms. The molecule has 1 aromatic heterocycles. The molecule has 0 bridgehead atoms. The Balaban J connectivity index is 2.16. The van der Waals surface area contributed by atoms with Crippen LogP contribution in [0.1, 0.15) is 22.1 Å². The van der Waals surface area contributed by atoms with E-state index < -0.39 is 11.9 Å². The van der Waals surface area contributed by atoms with Crippen molar-refractivity contribution in [2.24, 2.45) is 0 Å². The number of carbonyl (C=O) groups excluding carboxylic acids is 1. The maximum absolute atomic E-state index is 12.0. The highest BCUT2D eigenvalue weighted by Crippen LogP contribution is 2.16. The van der Waals surface area contributed by atoms with Gasteiger partial charge in [0.1, 0.15) is 0 Å². The summed E-state index contributed by atoms with van der Waals surface area (Å²) in [6, 6.07) is 10.7. The molecule has 1 unspecified atom stereocenters. The summed E-state index contributed by atoms with van der Waals surface area (Å²) in [4.78, 5) is 12.0. The molecule has 0 aliphatic heterocycles. The largest absolute Gasteiger partial charge is 0.618 e. The molecule has 6 heteroatoms. The van der Waals surface area contributed by atoms with E-state index in [2.05, 4.69) is 5.32 Å². The first-order valence-corrected chi connectivity index (χ1v) is 6.35. The molecule has 0 aliphatic carbocycles. The van der Waals surface area contributed by atoms with Gasteiger partial charge in [-0.2, -0.15) is 4.73 Å². The van der Waals surface area contributed by atoms with E-state index in [1.54, 1.807) is 30.3 Å². The summed E-state index contributed by atoms with van der Waals surface area (Å²) in [7, 11) is 0. The molecule has 0 spiro atoms. The normalized spacial score (nSPS) is 11.9. The molecule has 0 saturated carbocycles. The molecular weight excluding hydrogens is 280 g/mol. The van der Waals surface area contributed by atoms with Crippen LogP contribution in [0, 0.1) is 5.21 Å². The van der Waals surface area contributed by atoms with Gasteiger partial charge in [0, 0.05) is 17.2 Å². The third-order valence-corrected chi connectivity index (χ3v) is 3.07. The van der Waals surface area contributed by atoms with Gasteiger partial charge in [0.15, 0.2) is 6.20 Å². The number of halogens is 1. The van der Waals surface area contributed by atoms with Crippen molar-refractivity contribution in [3.05, 3.63) is 70.1 Å². The fourth-order valence-electron chi connectivity index (χ4n) is 1.77. The summed E-state index contributed by atoms with van der Waals surface area (Å²) < 4.78 is 0.478. The standard InChI is InChI=1S/C14H13ClN2O3/c15-11-6-4-10(5-7-11)12(9-18)16-14(19)13-3-1-2-8-17(13)20/h1-8,12,18H,9H2,(H,16,19). The van der Waals surface area contributed by atoms with Crippen molar-refractivity contribution in [1.82, 2.24) is 5.32 Å². The van der Waals surface area contributed by atoms with Crippen LogP contribution >= 0.6 is 11.6 Å². The number of hydrogen-bond donors (Lipinski definition) is 2. The molecule has 2 N–H and O–H groups in total. The number of carbonyl (C=O) groups is 1. The zero-order valence-corrected chi connectivity index (χ0v) is 11.2. The molecule has 1 amide bonds. The van der Waals surface area contributed by atoms with Gasteiger partial charge in [-0.15, -0.1) is 0 Å². The fraction of sp³-hybridized carbons (Fsp3) is 0.143. The van der Waals surface area contributed by atoms with Gasteiger partial charge in [0.2, 0.25) is 0 Å². The first-order chi connectivity index (χ1) is 9.61. The summed E-state index contributed by atoms with van der Waals surface area (Å²) in [5, 5.41) is 24.0. The molecule has 0 saturated heterocycles. The lowest BCUT2D eigenvalue weighted by Crippen LogP contribution is -2.41. The SMILES string of the molecule is O=C(NC(CO)c1ccc(Cl)cc1)c1cccc[n+]1[O-]. The Morgan fingerprint density at radius 3 is 2.60 bits per heavy atom. The molecule has 5 nitrogen and oxygen atoms in total. The zero-order chi connectivity index (χ0) is 14.5. The smallest absolute Gasteiger partial charge is 0.317 e. The summed E-state index contributed by atoms with van der Waals surface area (Å²) in [6.45, 7) is -0.279. The highest BCUT2D eigenvalue weighted by molar-refractivity contribution is 6.30. The minimum absolute atomic E-state index is 0.0279. The number of amides is 1. The summed E-state index contributed by atoms with van der Waals surface area (Å²) in [5.74, 6) is -0.547. The number of hydrogen-bond acceptors (Lipinski definition) is 3. The van der Waals surface area contributed by atoms with Gasteiger partial charge in [-0.05, 0) is 23.8 Å². The third kappa shape index (κ3) is 3.26. The molecule has 2 rings (SSSR count). The van der Waals surface area contributed by atoms with Crippen LogP contribution in [-0.2, 0) is 0 Å². The predicted molar refractivity (Wildman–Crippen MR) is 74.1 cm³/mol. The van der Waals surface area contributed by atoms with Crippen molar-refractivity contribution >= 4 is 17.5 Å². The summed E-state index contributed by atoms with van der Waals surface area (Å²) >= 11 is 5.79. The second kappa shape index (κ2) is 6.36. The Morgan fingerprint density at radius 2 is 2.00 bits per heavy atom. The monoisotopic (exact) mass is 292 g/mol. The van der Waals surface area contributed by atoms with E-state index in [9.17, 15) is 15.1 Å². The van der Waals surface area contributed by atoms with Crippen LogP contribution in [0.4, 0.5) is 0 Å². The van der Waals surface area contributed by atoms with E-state index in [0.717, 1.165) is 0 Å². The lowest BCUT2D eigenvalue weighted by molar-refractivity contribution is -0.607. The van der Waals surface area contributed by atoms with Crippen LogP contribution in [0.3, 0.4) is 0 Å². The maximum Gasteiger partial charge on any atom is 0.317 e. The third-order valence-electron chi connectivity index (χ3n) is 2.82. The zero-order valence-electron chi connectivity index (χ0n) is 10.5. The number of aromatic nitrogens is 1. The van der Waals surface area contributed by atoms with E-state index in [1.807, 2.05) is 0 Å². The molecule has 0 radical (unpaired) electrons. The van der Waals surface area contributed by atoms with Gasteiger partial charge in [0.25, 0.3) is 5.69 Å². The fourth-order valence-corrected chi connectivity index (χ4v) is 1.89. The first kappa shape index (κ1) is 14.3. The van der Waals surface area contributed by atoms with Crippen LogP contribution in [0.25, 0.3) is 0 Å². The first-order valence-electron chi connectivity index (χ1n) is 5.97. The number of nitrogens with zero attached hydrogens (tertiary/aromatic N) is 1. The van der Waals surface area contributed by atoms with Crippen LogP contribution in [0.5, 0.6) is 0 Å². The Hall–Kier alpha value is -2.11. The average molecular weight is 293 g/mol. The second-order valence-electron chi connectivity index (χ2n) is 4.17. The Morgan fingerprint density at radius 1 is 1.30 bits per heavy atom. The van der Waals surface area contributed by atoms with Crippen LogP contribution in [0.15, 0.2) is 48.7 Å². The van der Waals surface area contributed by atoms with Gasteiger partial charge in [-0.1, -0.05) is 23.7 Å². The molecule has 1 heterocycles. The molecule has 0 aliphatic rings. The Bertz CT molecular complexity index is 602. The molecule has 1 atom stereocenters. The Kier molecular flexibility index (Phi) is 4.55. The Labute approximate surface area is 121 Å². The van der Waals surface area contributed by atoms with E-state index in [0.29, 0.717) is 15.3 Å². The molecule has 2 aromatic rings. The van der Waals surface area contributed by atoms with E-state index in [4.69, 9.17) is 11.6 Å². The van der Waals surface area contributed by atoms with E-state index in [-0.39, 0.29) is 12.3 Å². The molecule has 0 fully saturated rings. The van der Waals surface area contributed by atoms with Crippen molar-refractivity contribution in [2.75, 3.05) is 6.61 Å². The number of pyridine rings is 1. The van der Waals surface area contributed by atoms with Crippen molar-refractivity contribution in [2.45, 2.75) is 6.04 Å². The van der Waals surface area contributed by atoms with E-state index >= 15 is 0 Å². The van der Waals surface area contributed by atoms with Crippen LogP contribution in [-0.4, -0.2) is 17.6 Å². The number of nitrogens with one attached hydrogen (secondary N) is 1. The number of aliphatic hydroxyl groups is 1. The number of aliphatic hydroxyl groups excluding tert-OH is 1. The van der Waals surface area contributed by atoms with Crippen molar-refractivity contribution in [3.8, 4) is 0 Å². The molecule has 1 aromatic carbocycles. The van der Waals surface area contributed by atoms with Crippen molar-refractivity contribution in [1.29, 1.82) is 0 Å². The lowest BCUT2D eigenvalue weighted by atomic mass is 10.1. The van der Waals surface area contributed by atoms with Gasteiger partial charge < -0.3 is 15.6 Å². The quantitative estimate of drug-likeness (QED) is 0.661. The lowest BCUT2D eigenvalue weighted by Gasteiger charge is -2.16. The summed E-state index contributed by atoms with van der Waals surface area (Å²) in [6.07, 6.45) is 1.24. The highest BCUT2D eigenvalue weighted by Gasteiger charge is 2.20. The maximum atomic E-state index is 12.0. The topological polar surface area (TPSA) is 76.3 Å². The highest BCUT2D eigenvalue weighted by atomic mass is 35.5.